The number of carbonyl (C=O) groups is 1. The average Bonchev–Trinajstić information content (AvgIpc) is 2.73. The summed E-state index contributed by atoms with van der Waals surface area (Å²) in [6, 6.07) is 12.6. The molecule has 2 heterocycles. The van der Waals surface area contributed by atoms with E-state index in [-0.39, 0.29) is 18.6 Å². The van der Waals surface area contributed by atoms with Crippen molar-refractivity contribution in [2.75, 3.05) is 37.3 Å². The van der Waals surface area contributed by atoms with Crippen LogP contribution in [0.5, 0.6) is 11.6 Å². The van der Waals surface area contributed by atoms with Gasteiger partial charge in [-0.1, -0.05) is 18.2 Å². The molecule has 0 spiro atoms. The summed E-state index contributed by atoms with van der Waals surface area (Å²) < 4.78 is 35.7. The minimum atomic E-state index is -3.33. The molecule has 8 nitrogen and oxygen atoms in total. The molecule has 1 saturated heterocycles. The first-order chi connectivity index (χ1) is 13.8. The Morgan fingerprint density at radius 3 is 2.45 bits per heavy atom. The van der Waals surface area contributed by atoms with Gasteiger partial charge in [-0.15, -0.1) is 0 Å². The van der Waals surface area contributed by atoms with Gasteiger partial charge in [0, 0.05) is 39.0 Å². The van der Waals surface area contributed by atoms with Gasteiger partial charge in [0.05, 0.1) is 18.1 Å². The van der Waals surface area contributed by atoms with Crippen LogP contribution in [0.15, 0.2) is 48.7 Å². The van der Waals surface area contributed by atoms with E-state index in [1.807, 2.05) is 30.3 Å². The molecule has 1 aliphatic rings. The Kier molecular flexibility index (Phi) is 6.58. The number of piperidine rings is 1. The van der Waals surface area contributed by atoms with Gasteiger partial charge < -0.3 is 14.4 Å². The minimum absolute atomic E-state index is 0.0202. The summed E-state index contributed by atoms with van der Waals surface area (Å²) in [6.45, 7) is 1.21. The quantitative estimate of drug-likeness (QED) is 0.681. The first-order valence-electron chi connectivity index (χ1n) is 9.35. The third kappa shape index (κ3) is 5.83. The first-order valence-corrected chi connectivity index (χ1v) is 11.2. The minimum Gasteiger partial charge on any atom is -0.484 e. The Morgan fingerprint density at radius 2 is 1.86 bits per heavy atom. The van der Waals surface area contributed by atoms with Crippen molar-refractivity contribution in [1.29, 1.82) is 0 Å². The number of hydrogen-bond donors (Lipinski definition) is 0. The number of hydrogen-bond acceptors (Lipinski definition) is 6. The van der Waals surface area contributed by atoms with Gasteiger partial charge in [0.1, 0.15) is 11.9 Å². The zero-order valence-corrected chi connectivity index (χ0v) is 17.3. The van der Waals surface area contributed by atoms with Crippen molar-refractivity contribution in [2.24, 2.45) is 0 Å². The molecule has 1 aliphatic heterocycles. The normalized spacial score (nSPS) is 15.0. The van der Waals surface area contributed by atoms with Crippen LogP contribution in [0.2, 0.25) is 0 Å². The van der Waals surface area contributed by atoms with Crippen molar-refractivity contribution in [3.05, 3.63) is 48.7 Å². The lowest BCUT2D eigenvalue weighted by molar-refractivity contribution is -0.135. The van der Waals surface area contributed by atoms with Crippen LogP contribution in [0.1, 0.15) is 12.8 Å². The maximum absolute atomic E-state index is 12.3. The summed E-state index contributed by atoms with van der Waals surface area (Å²) in [5, 5.41) is 0. The molecule has 29 heavy (non-hydrogen) atoms. The second kappa shape index (κ2) is 9.13. The van der Waals surface area contributed by atoms with Gasteiger partial charge in [-0.2, -0.15) is 0 Å². The highest BCUT2D eigenvalue weighted by Crippen LogP contribution is 2.21. The number of nitrogens with zero attached hydrogens (tertiary/aromatic N) is 3. The number of aromatic nitrogens is 1. The molecular formula is C20H25N3O5S. The van der Waals surface area contributed by atoms with E-state index >= 15 is 0 Å². The fourth-order valence-corrected chi connectivity index (χ4v) is 3.46. The number of rotatable bonds is 7. The lowest BCUT2D eigenvalue weighted by Crippen LogP contribution is -2.43. The molecule has 0 radical (unpaired) electrons. The second-order valence-corrected chi connectivity index (χ2v) is 8.90. The highest BCUT2D eigenvalue weighted by molar-refractivity contribution is 7.92. The Morgan fingerprint density at radius 1 is 1.17 bits per heavy atom. The first kappa shape index (κ1) is 20.9. The van der Waals surface area contributed by atoms with E-state index in [4.69, 9.17) is 9.47 Å². The summed E-state index contributed by atoms with van der Waals surface area (Å²) in [7, 11) is -1.85. The maximum atomic E-state index is 12.3. The molecule has 1 amide bonds. The van der Waals surface area contributed by atoms with E-state index in [0.717, 1.165) is 10.6 Å². The van der Waals surface area contributed by atoms with E-state index in [0.29, 0.717) is 43.2 Å². The van der Waals surface area contributed by atoms with Gasteiger partial charge in [0.2, 0.25) is 15.9 Å². The third-order valence-corrected chi connectivity index (χ3v) is 5.98. The summed E-state index contributed by atoms with van der Waals surface area (Å²) >= 11 is 0. The summed E-state index contributed by atoms with van der Waals surface area (Å²) in [5.41, 5.74) is 0.471. The lowest BCUT2D eigenvalue weighted by Gasteiger charge is -2.32. The fraction of sp³-hybridized carbons (Fsp3) is 0.400. The average molecular weight is 420 g/mol. The molecule has 1 aromatic carbocycles. The Bertz CT molecular complexity index is 911. The second-order valence-electron chi connectivity index (χ2n) is 6.88. The predicted molar refractivity (Wildman–Crippen MR) is 110 cm³/mol. The largest absolute Gasteiger partial charge is 0.484 e. The molecule has 9 heteroatoms. The van der Waals surface area contributed by atoms with Crippen LogP contribution < -0.4 is 13.8 Å². The summed E-state index contributed by atoms with van der Waals surface area (Å²) in [6.07, 6.45) is 3.96. The number of pyridine rings is 1. The molecule has 0 unspecified atom stereocenters. The lowest BCUT2D eigenvalue weighted by atomic mass is 10.1. The highest BCUT2D eigenvalue weighted by Gasteiger charge is 2.24. The predicted octanol–water partition coefficient (Wildman–Crippen LogP) is 1.93. The smallest absolute Gasteiger partial charge is 0.260 e. The molecule has 0 N–H and O–H groups in total. The van der Waals surface area contributed by atoms with E-state index in [1.54, 1.807) is 17.0 Å². The van der Waals surface area contributed by atoms with Crippen LogP contribution in [-0.2, 0) is 14.8 Å². The van der Waals surface area contributed by atoms with Crippen LogP contribution in [0, 0.1) is 0 Å². The van der Waals surface area contributed by atoms with Crippen molar-refractivity contribution in [2.45, 2.75) is 18.9 Å². The standard InChI is InChI=1S/C20H25N3O5S/c1-22(29(2,25)26)16-8-9-19(21-14-16)28-18-10-12-23(13-11-18)20(24)15-27-17-6-4-3-5-7-17/h3-9,14,18H,10-13,15H2,1-2H3. The molecule has 1 fully saturated rings. The van der Waals surface area contributed by atoms with Crippen LogP contribution in [0.4, 0.5) is 5.69 Å². The molecule has 156 valence electrons. The number of sulfonamides is 1. The Hall–Kier alpha value is -2.81. The Balaban J connectivity index is 1.45. The van der Waals surface area contributed by atoms with E-state index in [1.165, 1.54) is 13.2 Å². The maximum Gasteiger partial charge on any atom is 0.260 e. The van der Waals surface area contributed by atoms with Gasteiger partial charge in [0.15, 0.2) is 6.61 Å². The van der Waals surface area contributed by atoms with Crippen molar-refractivity contribution < 1.29 is 22.7 Å². The Labute approximate surface area is 171 Å². The van der Waals surface area contributed by atoms with Crippen molar-refractivity contribution >= 4 is 21.6 Å². The number of anilines is 1. The zero-order chi connectivity index (χ0) is 20.9. The van der Waals surface area contributed by atoms with Crippen molar-refractivity contribution in [3.63, 3.8) is 0 Å². The van der Waals surface area contributed by atoms with E-state index in [9.17, 15) is 13.2 Å². The molecule has 0 aliphatic carbocycles. The molecule has 2 aromatic rings. The summed E-state index contributed by atoms with van der Waals surface area (Å²) in [4.78, 5) is 18.3. The number of carbonyl (C=O) groups excluding carboxylic acids is 1. The van der Waals surface area contributed by atoms with E-state index < -0.39 is 10.0 Å². The van der Waals surface area contributed by atoms with Crippen molar-refractivity contribution in [3.8, 4) is 11.6 Å². The molecule has 0 atom stereocenters. The van der Waals surface area contributed by atoms with Crippen molar-refractivity contribution in [1.82, 2.24) is 9.88 Å². The molecule has 0 bridgehead atoms. The van der Waals surface area contributed by atoms with Gasteiger partial charge in [-0.3, -0.25) is 9.10 Å². The molecule has 1 aromatic heterocycles. The van der Waals surface area contributed by atoms with Gasteiger partial charge in [-0.25, -0.2) is 13.4 Å². The number of ether oxygens (including phenoxy) is 2. The monoisotopic (exact) mass is 419 g/mol. The van der Waals surface area contributed by atoms with Crippen LogP contribution in [0.3, 0.4) is 0 Å². The van der Waals surface area contributed by atoms with Gasteiger partial charge >= 0.3 is 0 Å². The summed E-state index contributed by atoms with van der Waals surface area (Å²) in [5.74, 6) is 1.07. The number of para-hydroxylation sites is 1. The number of likely N-dealkylation sites (tertiary alicyclic amines) is 1. The highest BCUT2D eigenvalue weighted by atomic mass is 32.2. The van der Waals surface area contributed by atoms with Gasteiger partial charge in [0.25, 0.3) is 5.91 Å². The SMILES string of the molecule is CN(c1ccc(OC2CCN(C(=O)COc3ccccc3)CC2)nc1)S(C)(=O)=O. The van der Waals surface area contributed by atoms with Crippen LogP contribution in [0.25, 0.3) is 0 Å². The molecule has 3 rings (SSSR count). The van der Waals surface area contributed by atoms with Crippen LogP contribution >= 0.6 is 0 Å². The topological polar surface area (TPSA) is 89.0 Å². The van der Waals surface area contributed by atoms with Gasteiger partial charge in [-0.05, 0) is 18.2 Å². The third-order valence-electron chi connectivity index (χ3n) is 4.77. The zero-order valence-electron chi connectivity index (χ0n) is 16.5. The fourth-order valence-electron chi connectivity index (χ4n) is 2.97. The van der Waals surface area contributed by atoms with E-state index in [2.05, 4.69) is 4.98 Å². The number of amides is 1. The number of benzene rings is 1. The molecule has 0 saturated carbocycles. The van der Waals surface area contributed by atoms with Crippen LogP contribution in [-0.4, -0.2) is 63.3 Å². The molecular weight excluding hydrogens is 394 g/mol.